The van der Waals surface area contributed by atoms with Crippen LogP contribution in [0, 0.1) is 0 Å². The summed E-state index contributed by atoms with van der Waals surface area (Å²) in [6, 6.07) is 18.0. The number of carbonyl (C=O) groups is 1. The Morgan fingerprint density at radius 2 is 1.72 bits per heavy atom. The lowest BCUT2D eigenvalue weighted by atomic mass is 10.2. The summed E-state index contributed by atoms with van der Waals surface area (Å²) in [4.78, 5) is 14.2. The zero-order chi connectivity index (χ0) is 19.8. The molecule has 3 rings (SSSR count). The van der Waals surface area contributed by atoms with Crippen LogP contribution in [0.1, 0.15) is 19.4 Å². The largest absolute Gasteiger partial charge is 0.464 e. The van der Waals surface area contributed by atoms with Crippen molar-refractivity contribution in [2.45, 2.75) is 20.4 Å². The summed E-state index contributed by atoms with van der Waals surface area (Å²) < 4.78 is 12.9. The molecule has 0 atom stereocenters. The van der Waals surface area contributed by atoms with Crippen LogP contribution < -0.4 is 4.74 Å². The smallest absolute Gasteiger partial charge is 0.344 e. The lowest BCUT2D eigenvalue weighted by molar-refractivity contribution is -0.146. The van der Waals surface area contributed by atoms with E-state index in [1.165, 1.54) is 0 Å². The molecule has 0 aliphatic heterocycles. The van der Waals surface area contributed by atoms with Gasteiger partial charge in [0, 0.05) is 6.54 Å². The number of para-hydroxylation sites is 1. The Kier molecular flexibility index (Phi) is 8.96. The van der Waals surface area contributed by atoms with Gasteiger partial charge in [0.25, 0.3) is 0 Å². The highest BCUT2D eigenvalue weighted by Gasteiger charge is 2.14. The van der Waals surface area contributed by atoms with Crippen LogP contribution in [-0.2, 0) is 16.1 Å². The van der Waals surface area contributed by atoms with E-state index in [0.717, 1.165) is 36.1 Å². The third-order valence-corrected chi connectivity index (χ3v) is 4.69. The lowest BCUT2D eigenvalue weighted by Crippen LogP contribution is -2.28. The zero-order valence-corrected chi connectivity index (χ0v) is 17.7. The van der Waals surface area contributed by atoms with Gasteiger partial charge in [0.05, 0.1) is 17.4 Å². The number of aromatic nitrogens is 2. The van der Waals surface area contributed by atoms with Crippen LogP contribution in [0.25, 0.3) is 10.9 Å². The first-order valence-corrected chi connectivity index (χ1v) is 9.71. The van der Waals surface area contributed by atoms with Crippen molar-refractivity contribution >= 4 is 29.3 Å². The SMILES string of the molecule is CCN(CC)CCOC(=O)COc1nn(Cc2ccccc2)c2ccccc12.Cl. The fraction of sp³-hybridized carbons (Fsp3) is 0.364. The number of nitrogens with zero attached hydrogens (tertiary/aromatic N) is 3. The Morgan fingerprint density at radius 1 is 1.03 bits per heavy atom. The van der Waals surface area contributed by atoms with Gasteiger partial charge in [0.15, 0.2) is 6.61 Å². The van der Waals surface area contributed by atoms with E-state index in [-0.39, 0.29) is 25.0 Å². The fourth-order valence-electron chi connectivity index (χ4n) is 3.08. The van der Waals surface area contributed by atoms with Gasteiger partial charge in [-0.05, 0) is 30.8 Å². The molecule has 0 unspecified atom stereocenters. The van der Waals surface area contributed by atoms with Crippen molar-refractivity contribution in [1.82, 2.24) is 14.7 Å². The number of ether oxygens (including phenoxy) is 2. The van der Waals surface area contributed by atoms with Crippen LogP contribution in [0.4, 0.5) is 0 Å². The van der Waals surface area contributed by atoms with Gasteiger partial charge in [-0.1, -0.05) is 56.3 Å². The number of hydrogen-bond acceptors (Lipinski definition) is 5. The topological polar surface area (TPSA) is 56.6 Å². The molecule has 0 bridgehead atoms. The van der Waals surface area contributed by atoms with Crippen LogP contribution in [0.2, 0.25) is 0 Å². The minimum atomic E-state index is -0.381. The van der Waals surface area contributed by atoms with E-state index in [0.29, 0.717) is 19.0 Å². The summed E-state index contributed by atoms with van der Waals surface area (Å²) in [5.41, 5.74) is 2.12. The van der Waals surface area contributed by atoms with E-state index < -0.39 is 0 Å². The average molecular weight is 418 g/mol. The van der Waals surface area contributed by atoms with Gasteiger partial charge in [-0.15, -0.1) is 17.5 Å². The molecule has 1 aromatic heterocycles. The third kappa shape index (κ3) is 6.21. The number of likely N-dealkylation sites (N-methyl/N-ethyl adjacent to an activating group) is 1. The van der Waals surface area contributed by atoms with E-state index in [9.17, 15) is 4.79 Å². The lowest BCUT2D eigenvalue weighted by Gasteiger charge is -2.17. The Hall–Kier alpha value is -2.57. The molecule has 29 heavy (non-hydrogen) atoms. The monoisotopic (exact) mass is 417 g/mol. The molecule has 0 saturated carbocycles. The van der Waals surface area contributed by atoms with Crippen molar-refractivity contribution in [3.63, 3.8) is 0 Å². The van der Waals surface area contributed by atoms with Gasteiger partial charge in [-0.3, -0.25) is 4.68 Å². The van der Waals surface area contributed by atoms with Crippen LogP contribution in [-0.4, -0.2) is 53.5 Å². The van der Waals surface area contributed by atoms with Crippen LogP contribution in [0.15, 0.2) is 54.6 Å². The van der Waals surface area contributed by atoms with Gasteiger partial charge in [-0.25, -0.2) is 4.79 Å². The van der Waals surface area contributed by atoms with E-state index >= 15 is 0 Å². The Labute approximate surface area is 177 Å². The first-order valence-electron chi connectivity index (χ1n) is 9.71. The van der Waals surface area contributed by atoms with E-state index in [1.54, 1.807) is 0 Å². The van der Waals surface area contributed by atoms with Crippen LogP contribution in [0.3, 0.4) is 0 Å². The number of esters is 1. The van der Waals surface area contributed by atoms with Crippen molar-refractivity contribution in [3.8, 4) is 5.88 Å². The molecule has 6 nitrogen and oxygen atoms in total. The zero-order valence-electron chi connectivity index (χ0n) is 16.9. The van der Waals surface area contributed by atoms with Gasteiger partial charge in [0.1, 0.15) is 6.61 Å². The molecule has 2 aromatic carbocycles. The quantitative estimate of drug-likeness (QED) is 0.470. The summed E-state index contributed by atoms with van der Waals surface area (Å²) in [6.07, 6.45) is 0. The molecule has 7 heteroatoms. The first-order chi connectivity index (χ1) is 13.7. The first kappa shape index (κ1) is 22.7. The maximum Gasteiger partial charge on any atom is 0.344 e. The third-order valence-electron chi connectivity index (χ3n) is 4.69. The number of fused-ring (bicyclic) bond motifs is 1. The van der Waals surface area contributed by atoms with E-state index in [1.807, 2.05) is 47.1 Å². The van der Waals surface area contributed by atoms with E-state index in [2.05, 4.69) is 36.0 Å². The molecule has 0 fully saturated rings. The number of carbonyl (C=O) groups excluding carboxylic acids is 1. The summed E-state index contributed by atoms with van der Waals surface area (Å²) in [7, 11) is 0. The number of rotatable bonds is 10. The Morgan fingerprint density at radius 3 is 2.45 bits per heavy atom. The van der Waals surface area contributed by atoms with E-state index in [4.69, 9.17) is 9.47 Å². The normalized spacial score (nSPS) is 10.7. The van der Waals surface area contributed by atoms with Crippen LogP contribution >= 0.6 is 12.4 Å². The standard InChI is InChI=1S/C22H27N3O3.ClH/c1-3-24(4-2)14-15-27-21(26)17-28-22-19-12-8-9-13-20(19)25(23-22)16-18-10-6-5-7-11-18;/h5-13H,3-4,14-17H2,1-2H3;1H. The van der Waals surface area contributed by atoms with Crippen LogP contribution in [0.5, 0.6) is 5.88 Å². The molecule has 1 heterocycles. The number of hydrogen-bond donors (Lipinski definition) is 0. The minimum Gasteiger partial charge on any atom is -0.464 e. The van der Waals surface area contributed by atoms with Gasteiger partial charge < -0.3 is 14.4 Å². The summed E-state index contributed by atoms with van der Waals surface area (Å²) in [6.45, 7) is 7.64. The second-order valence-electron chi connectivity index (χ2n) is 6.50. The molecule has 0 N–H and O–H groups in total. The summed E-state index contributed by atoms with van der Waals surface area (Å²) >= 11 is 0. The summed E-state index contributed by atoms with van der Waals surface area (Å²) in [5.74, 6) is 0.0704. The molecule has 3 aromatic rings. The molecule has 0 aliphatic carbocycles. The molecule has 156 valence electrons. The highest BCUT2D eigenvalue weighted by Crippen LogP contribution is 2.25. The highest BCUT2D eigenvalue weighted by molar-refractivity contribution is 5.85. The minimum absolute atomic E-state index is 0. The molecule has 0 radical (unpaired) electrons. The second kappa shape index (κ2) is 11.4. The van der Waals surface area contributed by atoms with Crippen molar-refractivity contribution in [2.75, 3.05) is 32.8 Å². The summed E-state index contributed by atoms with van der Waals surface area (Å²) in [5, 5.41) is 5.45. The molecule has 0 spiro atoms. The molecular weight excluding hydrogens is 390 g/mol. The van der Waals surface area contributed by atoms with Crippen molar-refractivity contribution < 1.29 is 14.3 Å². The molecule has 0 saturated heterocycles. The molecule has 0 aliphatic rings. The van der Waals surface area contributed by atoms with Crippen molar-refractivity contribution in [1.29, 1.82) is 0 Å². The fourth-order valence-corrected chi connectivity index (χ4v) is 3.08. The van der Waals surface area contributed by atoms with Crippen molar-refractivity contribution in [3.05, 3.63) is 60.2 Å². The number of halogens is 1. The predicted octanol–water partition coefficient (Wildman–Crippen LogP) is 3.77. The number of benzene rings is 2. The molecule has 0 amide bonds. The average Bonchev–Trinajstić information content (AvgIpc) is 3.08. The second-order valence-corrected chi connectivity index (χ2v) is 6.50. The Bertz CT molecular complexity index is 895. The van der Waals surface area contributed by atoms with Gasteiger partial charge in [0.2, 0.25) is 5.88 Å². The van der Waals surface area contributed by atoms with Crippen molar-refractivity contribution in [2.24, 2.45) is 0 Å². The maximum absolute atomic E-state index is 12.0. The predicted molar refractivity (Wildman–Crippen MR) is 117 cm³/mol. The Balaban J connectivity index is 0.00000300. The highest BCUT2D eigenvalue weighted by atomic mass is 35.5. The van der Waals surface area contributed by atoms with Gasteiger partial charge in [-0.2, -0.15) is 0 Å². The van der Waals surface area contributed by atoms with Gasteiger partial charge >= 0.3 is 5.97 Å². The maximum atomic E-state index is 12.0. The molecular formula is C22H28ClN3O3.